The molecule has 3 N–H and O–H groups in total. The lowest BCUT2D eigenvalue weighted by Gasteiger charge is -2.10. The number of carbonyl (C=O) groups is 2. The van der Waals surface area contributed by atoms with Gasteiger partial charge in [0.15, 0.2) is 0 Å². The Bertz CT molecular complexity index is 468. The Morgan fingerprint density at radius 2 is 2.17 bits per heavy atom. The Morgan fingerprint density at radius 3 is 2.72 bits per heavy atom. The third-order valence-corrected chi connectivity index (χ3v) is 2.83. The molecule has 0 aliphatic heterocycles. The first kappa shape index (κ1) is 14.4. The summed E-state index contributed by atoms with van der Waals surface area (Å²) < 4.78 is 13.2. The minimum Gasteiger partial charge on any atom is -0.481 e. The van der Waals surface area contributed by atoms with Crippen molar-refractivity contribution in [3.8, 4) is 0 Å². The first-order valence-electron chi connectivity index (χ1n) is 5.13. The summed E-state index contributed by atoms with van der Waals surface area (Å²) >= 11 is 3.10. The summed E-state index contributed by atoms with van der Waals surface area (Å²) in [4.78, 5) is 22.0. The number of nitrogens with one attached hydrogen (secondary N) is 2. The van der Waals surface area contributed by atoms with Gasteiger partial charge in [-0.3, -0.25) is 4.79 Å². The highest BCUT2D eigenvalue weighted by molar-refractivity contribution is 9.10. The molecule has 0 aliphatic rings. The Labute approximate surface area is 112 Å². The highest BCUT2D eigenvalue weighted by Crippen LogP contribution is 2.22. The molecule has 1 aromatic carbocycles. The number of carbonyl (C=O) groups excluding carboxylic acids is 1. The van der Waals surface area contributed by atoms with Crippen molar-refractivity contribution >= 4 is 33.6 Å². The molecule has 1 atom stereocenters. The average molecular weight is 319 g/mol. The van der Waals surface area contributed by atoms with Crippen LogP contribution in [0.1, 0.15) is 6.92 Å². The van der Waals surface area contributed by atoms with Gasteiger partial charge in [-0.25, -0.2) is 9.18 Å². The van der Waals surface area contributed by atoms with Gasteiger partial charge in [0, 0.05) is 11.0 Å². The van der Waals surface area contributed by atoms with Gasteiger partial charge in [-0.1, -0.05) is 6.92 Å². The van der Waals surface area contributed by atoms with E-state index < -0.39 is 23.7 Å². The van der Waals surface area contributed by atoms with Gasteiger partial charge in [-0.05, 0) is 34.1 Å². The zero-order valence-corrected chi connectivity index (χ0v) is 11.1. The zero-order valence-electron chi connectivity index (χ0n) is 9.54. The summed E-state index contributed by atoms with van der Waals surface area (Å²) in [6.07, 6.45) is 0. The van der Waals surface area contributed by atoms with Crippen LogP contribution in [0, 0.1) is 11.7 Å². The maximum absolute atomic E-state index is 12.8. The van der Waals surface area contributed by atoms with Crippen molar-refractivity contribution in [1.82, 2.24) is 5.32 Å². The fourth-order valence-corrected chi connectivity index (χ4v) is 1.54. The van der Waals surface area contributed by atoms with Crippen molar-refractivity contribution in [3.63, 3.8) is 0 Å². The molecule has 0 aliphatic carbocycles. The van der Waals surface area contributed by atoms with Crippen molar-refractivity contribution in [2.24, 2.45) is 5.92 Å². The monoisotopic (exact) mass is 318 g/mol. The summed E-state index contributed by atoms with van der Waals surface area (Å²) in [5.74, 6) is -2.09. The molecular formula is C11H12BrFN2O3. The Hall–Kier alpha value is -1.63. The van der Waals surface area contributed by atoms with Crippen LogP contribution in [0.3, 0.4) is 0 Å². The predicted octanol–water partition coefficient (Wildman–Crippen LogP) is 2.43. The number of carboxylic acids is 1. The van der Waals surface area contributed by atoms with Crippen molar-refractivity contribution in [2.75, 3.05) is 11.9 Å². The second-order valence-corrected chi connectivity index (χ2v) is 4.55. The Balaban J connectivity index is 2.52. The lowest BCUT2D eigenvalue weighted by molar-refractivity contribution is -0.140. The van der Waals surface area contributed by atoms with Crippen LogP contribution in [0.5, 0.6) is 0 Å². The van der Waals surface area contributed by atoms with Crippen molar-refractivity contribution in [1.29, 1.82) is 0 Å². The molecule has 1 unspecified atom stereocenters. The number of benzene rings is 1. The van der Waals surface area contributed by atoms with Gasteiger partial charge in [-0.2, -0.15) is 0 Å². The minimum atomic E-state index is -0.988. The van der Waals surface area contributed by atoms with Crippen LogP contribution >= 0.6 is 15.9 Å². The maximum atomic E-state index is 12.8. The van der Waals surface area contributed by atoms with E-state index in [0.29, 0.717) is 10.2 Å². The van der Waals surface area contributed by atoms with E-state index in [1.54, 1.807) is 0 Å². The van der Waals surface area contributed by atoms with Gasteiger partial charge in [0.2, 0.25) is 0 Å². The van der Waals surface area contributed by atoms with Gasteiger partial charge in [0.1, 0.15) is 5.82 Å². The molecule has 0 spiro atoms. The number of halogens is 2. The van der Waals surface area contributed by atoms with Gasteiger partial charge in [-0.15, -0.1) is 0 Å². The highest BCUT2D eigenvalue weighted by atomic mass is 79.9. The molecular weight excluding hydrogens is 307 g/mol. The number of rotatable bonds is 4. The summed E-state index contributed by atoms with van der Waals surface area (Å²) in [6.45, 7) is 1.50. The van der Waals surface area contributed by atoms with E-state index in [0.717, 1.165) is 0 Å². The lowest BCUT2D eigenvalue weighted by Crippen LogP contribution is -2.34. The first-order valence-corrected chi connectivity index (χ1v) is 5.92. The Kier molecular flexibility index (Phi) is 5.08. The van der Waals surface area contributed by atoms with Crippen molar-refractivity contribution in [3.05, 3.63) is 28.5 Å². The molecule has 0 bridgehead atoms. The number of hydrogen-bond acceptors (Lipinski definition) is 2. The van der Waals surface area contributed by atoms with E-state index in [4.69, 9.17) is 5.11 Å². The summed E-state index contributed by atoms with van der Waals surface area (Å²) in [5.41, 5.74) is 0.400. The van der Waals surface area contributed by atoms with Crippen molar-refractivity contribution in [2.45, 2.75) is 6.92 Å². The van der Waals surface area contributed by atoms with E-state index in [-0.39, 0.29) is 6.54 Å². The molecule has 0 heterocycles. The molecule has 0 radical (unpaired) electrons. The van der Waals surface area contributed by atoms with Crippen LogP contribution < -0.4 is 10.6 Å². The molecule has 7 heteroatoms. The van der Waals surface area contributed by atoms with Crippen LogP contribution in [0.15, 0.2) is 22.7 Å². The normalized spacial score (nSPS) is 11.7. The van der Waals surface area contributed by atoms with Gasteiger partial charge in [0.25, 0.3) is 0 Å². The van der Waals surface area contributed by atoms with E-state index in [1.165, 1.54) is 25.1 Å². The molecule has 98 valence electrons. The number of hydrogen-bond donors (Lipinski definition) is 3. The van der Waals surface area contributed by atoms with Gasteiger partial charge >= 0.3 is 12.0 Å². The molecule has 0 saturated heterocycles. The molecule has 0 saturated carbocycles. The summed E-state index contributed by atoms with van der Waals surface area (Å²) in [7, 11) is 0. The zero-order chi connectivity index (χ0) is 13.7. The number of aliphatic carboxylic acids is 1. The van der Waals surface area contributed by atoms with Gasteiger partial charge < -0.3 is 15.7 Å². The average Bonchev–Trinajstić information content (AvgIpc) is 2.29. The third-order valence-electron chi connectivity index (χ3n) is 2.17. The van der Waals surface area contributed by atoms with E-state index in [9.17, 15) is 14.0 Å². The van der Waals surface area contributed by atoms with Crippen LogP contribution in [0.25, 0.3) is 0 Å². The molecule has 0 fully saturated rings. The molecule has 0 aromatic heterocycles. The molecule has 2 amide bonds. The van der Waals surface area contributed by atoms with Crippen LogP contribution in [0.2, 0.25) is 0 Å². The SMILES string of the molecule is CC(CNC(=O)Nc1ccc(F)cc1Br)C(=O)O. The van der Waals surface area contributed by atoms with Crippen LogP contribution in [-0.4, -0.2) is 23.7 Å². The quantitative estimate of drug-likeness (QED) is 0.797. The molecule has 18 heavy (non-hydrogen) atoms. The van der Waals surface area contributed by atoms with Crippen LogP contribution in [0.4, 0.5) is 14.9 Å². The molecule has 1 rings (SSSR count). The lowest BCUT2D eigenvalue weighted by atomic mass is 10.2. The van der Waals surface area contributed by atoms with Crippen LogP contribution in [-0.2, 0) is 4.79 Å². The number of urea groups is 1. The second kappa shape index (κ2) is 6.34. The fourth-order valence-electron chi connectivity index (χ4n) is 1.09. The number of carboxylic acid groups (broad SMARTS) is 1. The van der Waals surface area contributed by atoms with E-state index in [1.807, 2.05) is 0 Å². The second-order valence-electron chi connectivity index (χ2n) is 3.70. The highest BCUT2D eigenvalue weighted by Gasteiger charge is 2.12. The summed E-state index contributed by atoms with van der Waals surface area (Å²) in [6, 6.07) is 3.28. The maximum Gasteiger partial charge on any atom is 0.319 e. The number of anilines is 1. The van der Waals surface area contributed by atoms with E-state index >= 15 is 0 Å². The number of amides is 2. The Morgan fingerprint density at radius 1 is 1.50 bits per heavy atom. The topological polar surface area (TPSA) is 78.4 Å². The third kappa shape index (κ3) is 4.33. The summed E-state index contributed by atoms with van der Waals surface area (Å²) in [5, 5.41) is 13.5. The fraction of sp³-hybridized carbons (Fsp3) is 0.273. The van der Waals surface area contributed by atoms with Gasteiger partial charge in [0.05, 0.1) is 11.6 Å². The van der Waals surface area contributed by atoms with Crippen molar-refractivity contribution < 1.29 is 19.1 Å². The minimum absolute atomic E-state index is 0.0139. The molecule has 5 nitrogen and oxygen atoms in total. The predicted molar refractivity (Wildman–Crippen MR) is 67.9 cm³/mol. The molecule has 1 aromatic rings. The first-order chi connectivity index (χ1) is 8.40. The smallest absolute Gasteiger partial charge is 0.319 e. The largest absolute Gasteiger partial charge is 0.481 e. The van der Waals surface area contributed by atoms with E-state index in [2.05, 4.69) is 26.6 Å². The standard InChI is InChI=1S/C11H12BrFN2O3/c1-6(10(16)17)5-14-11(18)15-9-3-2-7(13)4-8(9)12/h2-4,6H,5H2,1H3,(H,16,17)(H2,14,15,18).